The van der Waals surface area contributed by atoms with E-state index in [2.05, 4.69) is 20.3 Å². The molecular weight excluding hydrogens is 340 g/mol. The van der Waals surface area contributed by atoms with Gasteiger partial charge in [0.25, 0.3) is 10.0 Å². The molecule has 0 spiro atoms. The maximum Gasteiger partial charge on any atom is 0.262 e. The zero-order valence-corrected chi connectivity index (χ0v) is 15.6. The zero-order valence-electron chi connectivity index (χ0n) is 14.8. The first-order valence-corrected chi connectivity index (χ1v) is 9.88. The van der Waals surface area contributed by atoms with E-state index in [4.69, 9.17) is 0 Å². The minimum absolute atomic E-state index is 0.140. The number of sulfonamides is 1. The summed E-state index contributed by atoms with van der Waals surface area (Å²) in [7, 11) is -1.71. The molecular formula is C16H24N6O2S. The number of hydrogen-bond donors (Lipinski definition) is 1. The quantitative estimate of drug-likeness (QED) is 0.866. The van der Waals surface area contributed by atoms with Crippen molar-refractivity contribution >= 4 is 15.8 Å². The van der Waals surface area contributed by atoms with Crippen LogP contribution in [0.15, 0.2) is 29.8 Å². The van der Waals surface area contributed by atoms with Gasteiger partial charge < -0.3 is 9.88 Å². The third kappa shape index (κ3) is 3.82. The molecule has 1 saturated heterocycles. The Labute approximate surface area is 148 Å². The molecule has 1 N–H and O–H groups in total. The standard InChI is InChI=1S/C16H24N6O2S/c1-12(2)16-20-15(10-21(16)3)25(23,24)22-8-5-13(6-9-22)19-14-4-7-17-11-18-14/h4,7,10-13H,5-6,8-9H2,1-3H3,(H,17,18,19). The average molecular weight is 364 g/mol. The van der Waals surface area contributed by atoms with Crippen molar-refractivity contribution in [2.75, 3.05) is 18.4 Å². The maximum atomic E-state index is 12.8. The molecule has 2 aromatic heterocycles. The summed E-state index contributed by atoms with van der Waals surface area (Å²) < 4.78 is 29.0. The monoisotopic (exact) mass is 364 g/mol. The predicted octanol–water partition coefficient (Wildman–Crippen LogP) is 1.60. The highest BCUT2D eigenvalue weighted by atomic mass is 32.2. The van der Waals surface area contributed by atoms with Gasteiger partial charge in [0.15, 0.2) is 5.03 Å². The Kier molecular flexibility index (Phi) is 5.05. The molecule has 2 aromatic rings. The van der Waals surface area contributed by atoms with Gasteiger partial charge in [0.05, 0.1) is 0 Å². The van der Waals surface area contributed by atoms with E-state index in [0.29, 0.717) is 13.1 Å². The largest absolute Gasteiger partial charge is 0.367 e. The smallest absolute Gasteiger partial charge is 0.262 e. The van der Waals surface area contributed by atoms with Crippen molar-refractivity contribution in [3.05, 3.63) is 30.6 Å². The Bertz CT molecular complexity index is 810. The summed E-state index contributed by atoms with van der Waals surface area (Å²) >= 11 is 0. The number of rotatable bonds is 5. The van der Waals surface area contributed by atoms with E-state index < -0.39 is 10.0 Å². The highest BCUT2D eigenvalue weighted by molar-refractivity contribution is 7.89. The number of piperidine rings is 1. The second kappa shape index (κ2) is 7.09. The lowest BCUT2D eigenvalue weighted by atomic mass is 10.1. The average Bonchev–Trinajstić information content (AvgIpc) is 2.99. The van der Waals surface area contributed by atoms with Crippen LogP contribution in [-0.2, 0) is 17.1 Å². The molecule has 0 atom stereocenters. The number of imidazole rings is 1. The highest BCUT2D eigenvalue weighted by Gasteiger charge is 2.31. The van der Waals surface area contributed by atoms with Crippen LogP contribution in [0.3, 0.4) is 0 Å². The van der Waals surface area contributed by atoms with E-state index in [1.54, 1.807) is 17.0 Å². The summed E-state index contributed by atoms with van der Waals surface area (Å²) in [6.07, 6.45) is 6.24. The maximum absolute atomic E-state index is 12.8. The molecule has 9 heteroatoms. The summed E-state index contributed by atoms with van der Waals surface area (Å²) in [5, 5.41) is 3.47. The molecule has 3 heterocycles. The highest BCUT2D eigenvalue weighted by Crippen LogP contribution is 2.23. The lowest BCUT2D eigenvalue weighted by Gasteiger charge is -2.31. The van der Waals surface area contributed by atoms with E-state index in [1.807, 2.05) is 27.0 Å². The molecule has 0 aliphatic carbocycles. The Morgan fingerprint density at radius 3 is 2.56 bits per heavy atom. The Morgan fingerprint density at radius 1 is 1.28 bits per heavy atom. The van der Waals surface area contributed by atoms with Crippen LogP contribution >= 0.6 is 0 Å². The van der Waals surface area contributed by atoms with Crippen LogP contribution in [-0.4, -0.2) is 51.4 Å². The zero-order chi connectivity index (χ0) is 18.0. The summed E-state index contributed by atoms with van der Waals surface area (Å²) in [5.41, 5.74) is 0. The van der Waals surface area contributed by atoms with Crippen LogP contribution in [0.5, 0.6) is 0 Å². The van der Waals surface area contributed by atoms with Crippen molar-refractivity contribution in [1.82, 2.24) is 23.8 Å². The molecule has 1 aliphatic rings. The van der Waals surface area contributed by atoms with Crippen LogP contribution < -0.4 is 5.32 Å². The minimum atomic E-state index is -3.55. The Hall–Kier alpha value is -2.00. The summed E-state index contributed by atoms with van der Waals surface area (Å²) in [6.45, 7) is 4.95. The third-order valence-electron chi connectivity index (χ3n) is 4.40. The molecule has 1 aliphatic heterocycles. The minimum Gasteiger partial charge on any atom is -0.367 e. The van der Waals surface area contributed by atoms with Gasteiger partial charge in [0, 0.05) is 44.5 Å². The molecule has 3 rings (SSSR count). The van der Waals surface area contributed by atoms with Crippen molar-refractivity contribution in [2.45, 2.75) is 43.7 Å². The molecule has 0 radical (unpaired) electrons. The molecule has 8 nitrogen and oxygen atoms in total. The van der Waals surface area contributed by atoms with E-state index in [9.17, 15) is 8.42 Å². The fourth-order valence-corrected chi connectivity index (χ4v) is 4.53. The van der Waals surface area contributed by atoms with Crippen LogP contribution in [0.4, 0.5) is 5.82 Å². The van der Waals surface area contributed by atoms with Gasteiger partial charge in [-0.3, -0.25) is 0 Å². The Balaban J connectivity index is 1.66. The second-order valence-electron chi connectivity index (χ2n) is 6.62. The third-order valence-corrected chi connectivity index (χ3v) is 6.17. The fourth-order valence-electron chi connectivity index (χ4n) is 3.07. The van der Waals surface area contributed by atoms with Crippen molar-refractivity contribution in [3.63, 3.8) is 0 Å². The van der Waals surface area contributed by atoms with Gasteiger partial charge in [0.1, 0.15) is 18.0 Å². The molecule has 0 unspecified atom stereocenters. The number of anilines is 1. The lowest BCUT2D eigenvalue weighted by Crippen LogP contribution is -2.42. The van der Waals surface area contributed by atoms with E-state index in [1.165, 1.54) is 10.6 Å². The van der Waals surface area contributed by atoms with Gasteiger partial charge in [0.2, 0.25) is 0 Å². The number of hydrogen-bond acceptors (Lipinski definition) is 6. The number of aryl methyl sites for hydroxylation is 1. The van der Waals surface area contributed by atoms with Gasteiger partial charge in [-0.15, -0.1) is 0 Å². The first-order valence-electron chi connectivity index (χ1n) is 8.44. The molecule has 0 amide bonds. The van der Waals surface area contributed by atoms with Crippen LogP contribution in [0.2, 0.25) is 0 Å². The predicted molar refractivity (Wildman–Crippen MR) is 94.7 cm³/mol. The van der Waals surface area contributed by atoms with Crippen molar-refractivity contribution < 1.29 is 8.42 Å². The van der Waals surface area contributed by atoms with Gasteiger partial charge in [-0.2, -0.15) is 4.31 Å². The van der Waals surface area contributed by atoms with E-state index >= 15 is 0 Å². The summed E-state index contributed by atoms with van der Waals surface area (Å²) in [4.78, 5) is 12.4. The number of aromatic nitrogens is 4. The second-order valence-corrected chi connectivity index (χ2v) is 8.51. The first kappa shape index (κ1) is 17.8. The summed E-state index contributed by atoms with van der Waals surface area (Å²) in [6, 6.07) is 2.01. The van der Waals surface area contributed by atoms with Crippen LogP contribution in [0.25, 0.3) is 0 Å². The summed E-state index contributed by atoms with van der Waals surface area (Å²) in [5.74, 6) is 1.72. The van der Waals surface area contributed by atoms with Crippen molar-refractivity contribution in [1.29, 1.82) is 0 Å². The molecule has 25 heavy (non-hydrogen) atoms. The lowest BCUT2D eigenvalue weighted by molar-refractivity contribution is 0.328. The molecule has 0 bridgehead atoms. The van der Waals surface area contributed by atoms with E-state index in [0.717, 1.165) is 24.5 Å². The molecule has 0 aromatic carbocycles. The SMILES string of the molecule is CC(C)c1nc(S(=O)(=O)N2CCC(Nc3ccncn3)CC2)cn1C. The Morgan fingerprint density at radius 2 is 2.00 bits per heavy atom. The van der Waals surface area contributed by atoms with Gasteiger partial charge in [-0.25, -0.2) is 23.4 Å². The fraction of sp³-hybridized carbons (Fsp3) is 0.562. The van der Waals surface area contributed by atoms with Gasteiger partial charge in [-0.1, -0.05) is 13.8 Å². The molecule has 1 fully saturated rings. The van der Waals surface area contributed by atoms with Crippen LogP contribution in [0, 0.1) is 0 Å². The normalized spacial score (nSPS) is 17.1. The number of nitrogens with zero attached hydrogens (tertiary/aromatic N) is 5. The number of nitrogens with one attached hydrogen (secondary N) is 1. The topological polar surface area (TPSA) is 93.0 Å². The van der Waals surface area contributed by atoms with Gasteiger partial charge in [-0.05, 0) is 18.9 Å². The van der Waals surface area contributed by atoms with Gasteiger partial charge >= 0.3 is 0 Å². The van der Waals surface area contributed by atoms with Crippen LogP contribution in [0.1, 0.15) is 38.4 Å². The first-order chi connectivity index (χ1) is 11.9. The molecule has 136 valence electrons. The van der Waals surface area contributed by atoms with E-state index in [-0.39, 0.29) is 17.0 Å². The van der Waals surface area contributed by atoms with Crippen molar-refractivity contribution in [3.8, 4) is 0 Å². The molecule has 0 saturated carbocycles. The van der Waals surface area contributed by atoms with Crippen molar-refractivity contribution in [2.24, 2.45) is 7.05 Å².